The standard InChI is InChI=1S/C21H25NO4S/c1-16-6-12-20(13-7-16)27(24,25)15-14-21(23)22-17-8-10-19(11-9-17)26-18-4-2-3-5-18/h6-13,18H,2-5,14-15H2,1H3,(H,22,23). The van der Waals surface area contributed by atoms with Crippen molar-refractivity contribution in [2.75, 3.05) is 11.1 Å². The third kappa shape index (κ3) is 5.57. The number of ether oxygens (including phenoxy) is 1. The number of sulfone groups is 1. The van der Waals surface area contributed by atoms with E-state index in [1.807, 2.05) is 19.1 Å². The number of rotatable bonds is 7. The summed E-state index contributed by atoms with van der Waals surface area (Å²) in [6.45, 7) is 1.90. The van der Waals surface area contributed by atoms with Crippen LogP contribution in [0.25, 0.3) is 0 Å². The summed E-state index contributed by atoms with van der Waals surface area (Å²) in [7, 11) is -3.47. The Morgan fingerprint density at radius 2 is 1.67 bits per heavy atom. The molecule has 1 N–H and O–H groups in total. The SMILES string of the molecule is Cc1ccc(S(=O)(=O)CCC(=O)Nc2ccc(OC3CCCC3)cc2)cc1. The van der Waals surface area contributed by atoms with Crippen molar-refractivity contribution >= 4 is 21.4 Å². The van der Waals surface area contributed by atoms with Gasteiger partial charge >= 0.3 is 0 Å². The monoisotopic (exact) mass is 387 g/mol. The second-order valence-electron chi connectivity index (χ2n) is 6.98. The van der Waals surface area contributed by atoms with Crippen molar-refractivity contribution in [3.05, 3.63) is 54.1 Å². The van der Waals surface area contributed by atoms with Crippen LogP contribution < -0.4 is 10.1 Å². The molecule has 144 valence electrons. The Morgan fingerprint density at radius 1 is 1.04 bits per heavy atom. The molecule has 1 aliphatic carbocycles. The van der Waals surface area contributed by atoms with Crippen molar-refractivity contribution in [1.82, 2.24) is 0 Å². The lowest BCUT2D eigenvalue weighted by Crippen LogP contribution is -2.17. The molecule has 1 fully saturated rings. The highest BCUT2D eigenvalue weighted by Crippen LogP contribution is 2.25. The average molecular weight is 388 g/mol. The molecule has 0 saturated heterocycles. The largest absolute Gasteiger partial charge is 0.490 e. The van der Waals surface area contributed by atoms with Gasteiger partial charge in [-0.3, -0.25) is 4.79 Å². The van der Waals surface area contributed by atoms with Crippen LogP contribution in [0.3, 0.4) is 0 Å². The first-order valence-electron chi connectivity index (χ1n) is 9.28. The molecule has 0 spiro atoms. The Kier molecular flexibility index (Phi) is 6.16. The predicted octanol–water partition coefficient (Wildman–Crippen LogP) is 4.12. The molecule has 0 heterocycles. The van der Waals surface area contributed by atoms with Crippen LogP contribution in [0, 0.1) is 6.92 Å². The highest BCUT2D eigenvalue weighted by atomic mass is 32.2. The fraction of sp³-hybridized carbons (Fsp3) is 0.381. The molecule has 1 amide bonds. The van der Waals surface area contributed by atoms with E-state index in [1.54, 1.807) is 36.4 Å². The average Bonchev–Trinajstić information content (AvgIpc) is 3.15. The Hall–Kier alpha value is -2.34. The molecule has 3 rings (SSSR count). The number of aryl methyl sites for hydroxylation is 1. The van der Waals surface area contributed by atoms with Crippen LogP contribution in [0.2, 0.25) is 0 Å². The highest BCUT2D eigenvalue weighted by Gasteiger charge is 2.17. The summed E-state index contributed by atoms with van der Waals surface area (Å²) in [6.07, 6.45) is 4.81. The van der Waals surface area contributed by atoms with Gasteiger partial charge in [0, 0.05) is 12.1 Å². The molecule has 0 aliphatic heterocycles. The van der Waals surface area contributed by atoms with Gasteiger partial charge in [-0.05, 0) is 69.0 Å². The highest BCUT2D eigenvalue weighted by molar-refractivity contribution is 7.91. The molecular formula is C21H25NO4S. The van der Waals surface area contributed by atoms with Crippen molar-refractivity contribution in [3.63, 3.8) is 0 Å². The van der Waals surface area contributed by atoms with Gasteiger partial charge in [-0.1, -0.05) is 17.7 Å². The van der Waals surface area contributed by atoms with E-state index in [0.29, 0.717) is 5.69 Å². The van der Waals surface area contributed by atoms with Crippen molar-refractivity contribution in [2.24, 2.45) is 0 Å². The van der Waals surface area contributed by atoms with E-state index < -0.39 is 9.84 Å². The minimum atomic E-state index is -3.47. The summed E-state index contributed by atoms with van der Waals surface area (Å²) in [5.74, 6) is 0.252. The second-order valence-corrected chi connectivity index (χ2v) is 9.09. The van der Waals surface area contributed by atoms with Gasteiger partial charge in [0.05, 0.1) is 16.8 Å². The van der Waals surface area contributed by atoms with Crippen LogP contribution >= 0.6 is 0 Å². The minimum absolute atomic E-state index is 0.0868. The Bertz CT molecular complexity index is 867. The number of amides is 1. The van der Waals surface area contributed by atoms with E-state index in [0.717, 1.165) is 24.2 Å². The van der Waals surface area contributed by atoms with Gasteiger partial charge < -0.3 is 10.1 Å². The molecule has 6 heteroatoms. The summed E-state index contributed by atoms with van der Waals surface area (Å²) in [4.78, 5) is 12.3. The quantitative estimate of drug-likeness (QED) is 0.776. The zero-order valence-corrected chi connectivity index (χ0v) is 16.3. The third-order valence-electron chi connectivity index (χ3n) is 4.72. The summed E-state index contributed by atoms with van der Waals surface area (Å²) in [5.41, 5.74) is 1.62. The smallest absolute Gasteiger partial charge is 0.225 e. The Balaban J connectivity index is 1.50. The molecule has 1 saturated carbocycles. The minimum Gasteiger partial charge on any atom is -0.490 e. The topological polar surface area (TPSA) is 72.5 Å². The van der Waals surface area contributed by atoms with Crippen molar-refractivity contribution in [2.45, 2.75) is 50.0 Å². The molecule has 5 nitrogen and oxygen atoms in total. The molecule has 0 atom stereocenters. The first-order chi connectivity index (χ1) is 12.9. The van der Waals surface area contributed by atoms with Crippen LogP contribution in [-0.4, -0.2) is 26.2 Å². The number of benzene rings is 2. The number of anilines is 1. The van der Waals surface area contributed by atoms with E-state index >= 15 is 0 Å². The van der Waals surface area contributed by atoms with Gasteiger partial charge in [0.25, 0.3) is 0 Å². The maximum absolute atomic E-state index is 12.3. The van der Waals surface area contributed by atoms with Gasteiger partial charge in [0.1, 0.15) is 5.75 Å². The number of carbonyl (C=O) groups excluding carboxylic acids is 1. The summed E-state index contributed by atoms with van der Waals surface area (Å²) in [5, 5.41) is 2.74. The number of hydrogen-bond acceptors (Lipinski definition) is 4. The van der Waals surface area contributed by atoms with Crippen LogP contribution in [0.15, 0.2) is 53.4 Å². The molecule has 2 aromatic rings. The van der Waals surface area contributed by atoms with Gasteiger partial charge in [-0.2, -0.15) is 0 Å². The van der Waals surface area contributed by atoms with E-state index in [4.69, 9.17) is 4.74 Å². The summed E-state index contributed by atoms with van der Waals surface area (Å²) in [6, 6.07) is 13.9. The van der Waals surface area contributed by atoms with E-state index in [-0.39, 0.29) is 29.1 Å². The fourth-order valence-electron chi connectivity index (χ4n) is 3.13. The van der Waals surface area contributed by atoms with Crippen molar-refractivity contribution in [3.8, 4) is 5.75 Å². The summed E-state index contributed by atoms with van der Waals surface area (Å²) >= 11 is 0. The first-order valence-corrected chi connectivity index (χ1v) is 10.9. The van der Waals surface area contributed by atoms with E-state index in [9.17, 15) is 13.2 Å². The molecule has 0 unspecified atom stereocenters. The van der Waals surface area contributed by atoms with Crippen LogP contribution in [-0.2, 0) is 14.6 Å². The lowest BCUT2D eigenvalue weighted by atomic mass is 10.2. The predicted molar refractivity (Wildman–Crippen MR) is 106 cm³/mol. The number of hydrogen-bond donors (Lipinski definition) is 1. The fourth-order valence-corrected chi connectivity index (χ4v) is 4.37. The second kappa shape index (κ2) is 8.57. The van der Waals surface area contributed by atoms with Crippen LogP contribution in [0.5, 0.6) is 5.75 Å². The van der Waals surface area contributed by atoms with Crippen LogP contribution in [0.1, 0.15) is 37.7 Å². The van der Waals surface area contributed by atoms with Crippen molar-refractivity contribution < 1.29 is 17.9 Å². The number of nitrogens with one attached hydrogen (secondary N) is 1. The summed E-state index contributed by atoms with van der Waals surface area (Å²) < 4.78 is 30.5. The third-order valence-corrected chi connectivity index (χ3v) is 6.45. The number of carbonyl (C=O) groups is 1. The maximum Gasteiger partial charge on any atom is 0.225 e. The molecule has 0 bridgehead atoms. The molecule has 0 radical (unpaired) electrons. The lowest BCUT2D eigenvalue weighted by Gasteiger charge is -2.13. The first kappa shape index (κ1) is 19.4. The molecule has 1 aliphatic rings. The Labute approximate surface area is 160 Å². The van der Waals surface area contributed by atoms with Gasteiger partial charge in [0.15, 0.2) is 9.84 Å². The van der Waals surface area contributed by atoms with Crippen LogP contribution in [0.4, 0.5) is 5.69 Å². The van der Waals surface area contributed by atoms with Gasteiger partial charge in [-0.15, -0.1) is 0 Å². The molecule has 2 aromatic carbocycles. The van der Waals surface area contributed by atoms with Gasteiger partial charge in [0.2, 0.25) is 5.91 Å². The molecular weight excluding hydrogens is 362 g/mol. The molecule has 27 heavy (non-hydrogen) atoms. The molecule has 0 aromatic heterocycles. The normalized spacial score (nSPS) is 14.9. The zero-order chi connectivity index (χ0) is 19.3. The van der Waals surface area contributed by atoms with E-state index in [1.165, 1.54) is 12.8 Å². The van der Waals surface area contributed by atoms with Gasteiger partial charge in [-0.25, -0.2) is 8.42 Å². The van der Waals surface area contributed by atoms with Crippen molar-refractivity contribution in [1.29, 1.82) is 0 Å². The zero-order valence-electron chi connectivity index (χ0n) is 15.5. The maximum atomic E-state index is 12.3. The Morgan fingerprint density at radius 3 is 2.30 bits per heavy atom. The van der Waals surface area contributed by atoms with E-state index in [2.05, 4.69) is 5.32 Å². The lowest BCUT2D eigenvalue weighted by molar-refractivity contribution is -0.115.